The van der Waals surface area contributed by atoms with Crippen molar-refractivity contribution in [2.75, 3.05) is 0 Å². The largest absolute Gasteiger partial charge is 0.573 e. The number of nitrogens with zero attached hydrogens (tertiary/aromatic N) is 2. The van der Waals surface area contributed by atoms with Crippen LogP contribution in [0.25, 0.3) is 5.69 Å². The second-order valence-corrected chi connectivity index (χ2v) is 6.85. The van der Waals surface area contributed by atoms with Crippen molar-refractivity contribution in [2.24, 2.45) is 0 Å². The summed E-state index contributed by atoms with van der Waals surface area (Å²) in [5, 5.41) is 4.22. The average Bonchev–Trinajstić information content (AvgIpc) is 3.01. The Hall–Kier alpha value is -2.00. The highest BCUT2D eigenvalue weighted by atomic mass is 19.4. The Bertz CT molecular complexity index is 741. The fraction of sp³-hybridized carbons (Fsp3) is 0.438. The second kappa shape index (κ2) is 5.77. The van der Waals surface area contributed by atoms with Gasteiger partial charge in [-0.05, 0) is 52.0 Å². The van der Waals surface area contributed by atoms with Crippen molar-refractivity contribution < 1.29 is 27.2 Å². The Labute approximate surface area is 143 Å². The molecular weight excluding hydrogens is 336 g/mol. The summed E-state index contributed by atoms with van der Waals surface area (Å²) in [6.07, 6.45) is -1.37. The molecule has 1 saturated heterocycles. The summed E-state index contributed by atoms with van der Waals surface area (Å²) in [4.78, 5) is 0. The summed E-state index contributed by atoms with van der Waals surface area (Å²) in [5.74, 6) is -0.283. The topological polar surface area (TPSA) is 45.5 Å². The lowest BCUT2D eigenvalue weighted by atomic mass is 9.82. The highest BCUT2D eigenvalue weighted by Crippen LogP contribution is 2.36. The number of hydrogen-bond acceptors (Lipinski definition) is 4. The molecule has 2 heterocycles. The number of aromatic nitrogens is 2. The van der Waals surface area contributed by atoms with Gasteiger partial charge in [0.2, 0.25) is 0 Å². The molecule has 0 atom stereocenters. The molecule has 0 N–H and O–H groups in total. The highest BCUT2D eigenvalue weighted by Gasteiger charge is 2.52. The highest BCUT2D eigenvalue weighted by molar-refractivity contribution is 6.62. The van der Waals surface area contributed by atoms with E-state index in [1.165, 1.54) is 28.9 Å². The van der Waals surface area contributed by atoms with Gasteiger partial charge in [-0.1, -0.05) is 0 Å². The van der Waals surface area contributed by atoms with Crippen molar-refractivity contribution in [3.05, 3.63) is 36.7 Å². The minimum Gasteiger partial charge on any atom is -0.406 e. The number of halogens is 3. The van der Waals surface area contributed by atoms with Gasteiger partial charge in [0.15, 0.2) is 0 Å². The molecular formula is C16H18BF3N2O3. The molecule has 1 aromatic heterocycles. The number of benzene rings is 1. The first kappa shape index (κ1) is 17.8. The molecule has 1 aromatic carbocycles. The molecule has 0 spiro atoms. The van der Waals surface area contributed by atoms with Crippen LogP contribution in [0.2, 0.25) is 0 Å². The van der Waals surface area contributed by atoms with Gasteiger partial charge in [0.25, 0.3) is 0 Å². The predicted molar refractivity (Wildman–Crippen MR) is 86.0 cm³/mol. The van der Waals surface area contributed by atoms with E-state index in [1.54, 1.807) is 12.4 Å². The fourth-order valence-corrected chi connectivity index (χ4v) is 2.38. The third-order valence-corrected chi connectivity index (χ3v) is 4.46. The monoisotopic (exact) mass is 354 g/mol. The molecule has 1 fully saturated rings. The first-order valence-corrected chi connectivity index (χ1v) is 7.73. The second-order valence-electron chi connectivity index (χ2n) is 6.85. The van der Waals surface area contributed by atoms with E-state index in [1.807, 2.05) is 27.7 Å². The smallest absolute Gasteiger partial charge is 0.406 e. The van der Waals surface area contributed by atoms with Crippen LogP contribution in [0.3, 0.4) is 0 Å². The molecule has 25 heavy (non-hydrogen) atoms. The maximum atomic E-state index is 12.2. The molecule has 0 unspecified atom stereocenters. The summed E-state index contributed by atoms with van der Waals surface area (Å²) in [7, 11) is -0.549. The Balaban J connectivity index is 1.76. The van der Waals surface area contributed by atoms with Gasteiger partial charge in [-0.15, -0.1) is 13.2 Å². The molecule has 1 aliphatic heterocycles. The van der Waals surface area contributed by atoms with E-state index in [4.69, 9.17) is 9.31 Å². The van der Waals surface area contributed by atoms with E-state index in [0.717, 1.165) is 5.46 Å². The van der Waals surface area contributed by atoms with Gasteiger partial charge in [0.05, 0.1) is 16.9 Å². The number of rotatable bonds is 3. The van der Waals surface area contributed by atoms with Crippen molar-refractivity contribution in [3.63, 3.8) is 0 Å². The van der Waals surface area contributed by atoms with Crippen LogP contribution in [-0.4, -0.2) is 34.5 Å². The van der Waals surface area contributed by atoms with Crippen LogP contribution >= 0.6 is 0 Å². The van der Waals surface area contributed by atoms with Gasteiger partial charge in [0.1, 0.15) is 5.75 Å². The lowest BCUT2D eigenvalue weighted by Crippen LogP contribution is -2.41. The van der Waals surface area contributed by atoms with E-state index in [0.29, 0.717) is 5.69 Å². The van der Waals surface area contributed by atoms with Gasteiger partial charge in [-0.25, -0.2) is 4.68 Å². The quantitative estimate of drug-likeness (QED) is 0.795. The molecule has 0 amide bonds. The molecule has 134 valence electrons. The standard InChI is InChI=1S/C16H18BF3N2O3/c1-14(2)15(3,4)25-17(24-14)11-9-21-22(10-11)12-5-7-13(8-6-12)23-16(18,19)20/h5-10H,1-4H3. The molecule has 0 saturated carbocycles. The number of ether oxygens (including phenoxy) is 1. The number of alkyl halides is 3. The molecule has 0 aliphatic carbocycles. The maximum Gasteiger partial charge on any atom is 0.573 e. The molecule has 5 nitrogen and oxygen atoms in total. The SMILES string of the molecule is CC1(C)OB(c2cnn(-c3ccc(OC(F)(F)F)cc3)c2)OC1(C)C. The van der Waals surface area contributed by atoms with E-state index >= 15 is 0 Å². The third-order valence-electron chi connectivity index (χ3n) is 4.46. The zero-order valence-corrected chi connectivity index (χ0v) is 14.3. The van der Waals surface area contributed by atoms with Crippen molar-refractivity contribution >= 4 is 12.6 Å². The Morgan fingerprint density at radius 1 is 1.04 bits per heavy atom. The summed E-state index contributed by atoms with van der Waals surface area (Å²) in [6.45, 7) is 7.82. The summed E-state index contributed by atoms with van der Waals surface area (Å²) < 4.78 is 53.9. The summed E-state index contributed by atoms with van der Waals surface area (Å²) in [6, 6.07) is 5.45. The van der Waals surface area contributed by atoms with E-state index < -0.39 is 24.7 Å². The molecule has 2 aromatic rings. The van der Waals surface area contributed by atoms with Gasteiger partial charge in [-0.3, -0.25) is 0 Å². The first-order chi connectivity index (χ1) is 11.5. The van der Waals surface area contributed by atoms with Crippen molar-refractivity contribution in [1.29, 1.82) is 0 Å². The maximum absolute atomic E-state index is 12.2. The minimum absolute atomic E-state index is 0.283. The number of hydrogen-bond donors (Lipinski definition) is 0. The van der Waals surface area contributed by atoms with Gasteiger partial charge >= 0.3 is 13.5 Å². The average molecular weight is 354 g/mol. The van der Waals surface area contributed by atoms with Crippen LogP contribution in [0.4, 0.5) is 13.2 Å². The van der Waals surface area contributed by atoms with Crippen LogP contribution < -0.4 is 10.2 Å². The zero-order chi connectivity index (χ0) is 18.5. The first-order valence-electron chi connectivity index (χ1n) is 7.73. The van der Waals surface area contributed by atoms with Crippen molar-refractivity contribution in [2.45, 2.75) is 45.3 Å². The van der Waals surface area contributed by atoms with Gasteiger partial charge in [0, 0.05) is 17.9 Å². The molecule has 9 heteroatoms. The lowest BCUT2D eigenvalue weighted by molar-refractivity contribution is -0.274. The summed E-state index contributed by atoms with van der Waals surface area (Å²) >= 11 is 0. The van der Waals surface area contributed by atoms with E-state index in [-0.39, 0.29) is 5.75 Å². The van der Waals surface area contributed by atoms with Crippen LogP contribution in [0.5, 0.6) is 5.75 Å². The zero-order valence-electron chi connectivity index (χ0n) is 14.3. The van der Waals surface area contributed by atoms with Crippen LogP contribution in [-0.2, 0) is 9.31 Å². The molecule has 0 bridgehead atoms. The van der Waals surface area contributed by atoms with E-state index in [2.05, 4.69) is 9.84 Å². The minimum atomic E-state index is -4.71. The molecule has 3 rings (SSSR count). The molecule has 0 radical (unpaired) electrons. The van der Waals surface area contributed by atoms with E-state index in [9.17, 15) is 13.2 Å². The van der Waals surface area contributed by atoms with Crippen LogP contribution in [0, 0.1) is 0 Å². The molecule has 1 aliphatic rings. The third kappa shape index (κ3) is 3.67. The van der Waals surface area contributed by atoms with Crippen LogP contribution in [0.1, 0.15) is 27.7 Å². The fourth-order valence-electron chi connectivity index (χ4n) is 2.38. The Morgan fingerprint density at radius 2 is 1.60 bits per heavy atom. The normalized spacial score (nSPS) is 19.2. The van der Waals surface area contributed by atoms with Crippen LogP contribution in [0.15, 0.2) is 36.7 Å². The van der Waals surface area contributed by atoms with Crippen molar-refractivity contribution in [3.8, 4) is 11.4 Å². The predicted octanol–water partition coefficient (Wildman–Crippen LogP) is 3.07. The summed E-state index contributed by atoms with van der Waals surface area (Å²) in [5.41, 5.74) is 0.402. The van der Waals surface area contributed by atoms with Crippen molar-refractivity contribution in [1.82, 2.24) is 9.78 Å². The van der Waals surface area contributed by atoms with Gasteiger partial charge < -0.3 is 14.0 Å². The Morgan fingerprint density at radius 3 is 2.12 bits per heavy atom. The van der Waals surface area contributed by atoms with Gasteiger partial charge in [-0.2, -0.15) is 5.10 Å². The lowest BCUT2D eigenvalue weighted by Gasteiger charge is -2.32. The Kier molecular flexibility index (Phi) is 4.11.